The molecule has 418 valence electrons. The Morgan fingerprint density at radius 1 is 0.568 bits per heavy atom. The van der Waals surface area contributed by atoms with E-state index < -0.39 is 99.8 Å². The summed E-state index contributed by atoms with van der Waals surface area (Å²) in [6, 6.07) is -5.99. The third kappa shape index (κ3) is 13.9. The number of hydrogen-bond acceptors (Lipinski definition) is 10. The highest BCUT2D eigenvalue weighted by Gasteiger charge is 2.71. The zero-order valence-electron chi connectivity index (χ0n) is 47.2. The van der Waals surface area contributed by atoms with Gasteiger partial charge in [-0.3, -0.25) is 33.6 Å². The lowest BCUT2D eigenvalue weighted by atomic mass is 9.79. The van der Waals surface area contributed by atoms with Gasteiger partial charge in [0.25, 0.3) is 5.91 Å². The number of amides is 10. The van der Waals surface area contributed by atoms with Gasteiger partial charge in [-0.15, -0.1) is 0 Å². The second kappa shape index (κ2) is 21.5. The molecule has 0 aromatic heterocycles. The van der Waals surface area contributed by atoms with Gasteiger partial charge >= 0.3 is 12.1 Å². The van der Waals surface area contributed by atoms with Crippen molar-refractivity contribution in [2.75, 3.05) is 13.1 Å². The van der Waals surface area contributed by atoms with Gasteiger partial charge in [-0.1, -0.05) is 108 Å². The lowest BCUT2D eigenvalue weighted by molar-refractivity contribution is -0.145. The molecule has 2 saturated heterocycles. The molecule has 0 aromatic carbocycles. The summed E-state index contributed by atoms with van der Waals surface area (Å²) in [7, 11) is 0. The standard InChI is InChI=1S/C27H47N5O5.C27H45N5O5/c2*1-25(2,3)20(30-24(37)31-26(4,5)6)23(36)32-13-15-17(27(15,7)8)18(32)22(35)29-16(19(33)21(28)34)12-14-10-9-11-14/h14-20,33H,9-13H2,1-8H3,(H2,28,34)(H,29,35)(H2,30,31,37);14-18,20H,9-13H2,1-8H3,(H2,28,34)(H,29,35)(H2,30,31,37)/t15-,16?,17-,18-,19?,20+;15?,16?,17?,18-,20+/m00/s1. The van der Waals surface area contributed by atoms with Crippen LogP contribution in [-0.4, -0.2) is 135 Å². The molecule has 20 heteroatoms. The van der Waals surface area contributed by atoms with E-state index >= 15 is 0 Å². The highest BCUT2D eigenvalue weighted by molar-refractivity contribution is 6.37. The predicted molar refractivity (Wildman–Crippen MR) is 279 cm³/mol. The molecule has 11 N–H and O–H groups in total. The normalized spacial score (nSPS) is 26.8. The average Bonchev–Trinajstić information content (AvgIpc) is 3.66. The number of aliphatic hydroxyl groups is 1. The number of fused-ring (bicyclic) bond motifs is 2. The number of nitrogens with two attached hydrogens (primary N) is 2. The first-order chi connectivity index (χ1) is 33.7. The molecule has 11 atom stereocenters. The largest absolute Gasteiger partial charge is 0.381 e. The van der Waals surface area contributed by atoms with Gasteiger partial charge in [-0.2, -0.15) is 0 Å². The molecule has 4 saturated carbocycles. The molecule has 74 heavy (non-hydrogen) atoms. The van der Waals surface area contributed by atoms with Gasteiger partial charge in [0.15, 0.2) is 6.10 Å². The molecule has 5 unspecified atom stereocenters. The SMILES string of the molecule is CC(C)(C)NC(=O)N[C@H](C(=O)N1CC2C([C@H]1C(=O)NC(CC1CCC1)C(=O)C(N)=O)C2(C)C)C(C)(C)C.CC(C)(C)NC(=O)N[C@H](C(=O)N1C[C@H]2[C@@H]([C@H]1C(=O)NC(CC1CCC1)C(O)C(N)=O)C2(C)C)C(C)(C)C. The first-order valence-corrected chi connectivity index (χ1v) is 26.9. The zero-order valence-corrected chi connectivity index (χ0v) is 47.2. The number of nitrogens with zero attached hydrogens (tertiary/aromatic N) is 2. The van der Waals surface area contributed by atoms with E-state index in [9.17, 15) is 48.3 Å². The van der Waals surface area contributed by atoms with Crippen molar-refractivity contribution in [3.8, 4) is 0 Å². The monoisotopic (exact) mass is 1040 g/mol. The van der Waals surface area contributed by atoms with E-state index in [-0.39, 0.29) is 58.1 Å². The Balaban J connectivity index is 0.000000274. The van der Waals surface area contributed by atoms with Gasteiger partial charge in [0.2, 0.25) is 35.3 Å². The van der Waals surface area contributed by atoms with E-state index in [2.05, 4.69) is 59.6 Å². The number of carbonyl (C=O) groups is 9. The van der Waals surface area contributed by atoms with E-state index in [0.717, 1.165) is 38.5 Å². The first kappa shape index (κ1) is 59.9. The van der Waals surface area contributed by atoms with Crippen LogP contribution in [0.25, 0.3) is 0 Å². The molecule has 0 bridgehead atoms. The zero-order chi connectivity index (χ0) is 56.2. The van der Waals surface area contributed by atoms with E-state index in [0.29, 0.717) is 31.8 Å². The molecule has 6 fully saturated rings. The molecule has 0 spiro atoms. The van der Waals surface area contributed by atoms with Crippen molar-refractivity contribution in [1.82, 2.24) is 41.7 Å². The number of hydrogen-bond donors (Lipinski definition) is 9. The second-order valence-electron chi connectivity index (χ2n) is 27.9. The van der Waals surface area contributed by atoms with E-state index in [1.54, 1.807) is 9.80 Å². The van der Waals surface area contributed by atoms with Crippen LogP contribution in [0, 0.1) is 57.2 Å². The molecule has 0 radical (unpaired) electrons. The van der Waals surface area contributed by atoms with Crippen LogP contribution in [0.15, 0.2) is 0 Å². The molecule has 2 heterocycles. The average molecular weight is 1040 g/mol. The van der Waals surface area contributed by atoms with Crippen molar-refractivity contribution in [3.63, 3.8) is 0 Å². The minimum absolute atomic E-state index is 0.0458. The van der Waals surface area contributed by atoms with Gasteiger partial charge in [0.1, 0.15) is 24.2 Å². The fraction of sp³-hybridized carbons (Fsp3) is 0.833. The van der Waals surface area contributed by atoms with Crippen LogP contribution < -0.4 is 43.4 Å². The van der Waals surface area contributed by atoms with Crippen molar-refractivity contribution >= 4 is 53.3 Å². The number of carbonyl (C=O) groups excluding carboxylic acids is 9. The number of ketones is 1. The Morgan fingerprint density at radius 2 is 0.932 bits per heavy atom. The number of aliphatic hydroxyl groups excluding tert-OH is 1. The van der Waals surface area contributed by atoms with Gasteiger partial charge in [0.05, 0.1) is 12.1 Å². The molecule has 10 amide bonds. The number of Topliss-reactive ketones (excluding diaryl/α,β-unsaturated/α-hetero) is 1. The van der Waals surface area contributed by atoms with Gasteiger partial charge in [0, 0.05) is 24.2 Å². The Kier molecular flexibility index (Phi) is 17.4. The third-order valence-electron chi connectivity index (χ3n) is 16.8. The van der Waals surface area contributed by atoms with Crippen LogP contribution in [-0.2, 0) is 33.6 Å². The predicted octanol–water partition coefficient (Wildman–Crippen LogP) is 3.21. The number of rotatable bonds is 16. The van der Waals surface area contributed by atoms with Crippen LogP contribution in [0.3, 0.4) is 0 Å². The first-order valence-electron chi connectivity index (χ1n) is 26.9. The smallest absolute Gasteiger partial charge is 0.315 e. The summed E-state index contributed by atoms with van der Waals surface area (Å²) in [5.74, 6) is -3.50. The Bertz CT molecular complexity index is 2180. The molecule has 6 rings (SSSR count). The maximum Gasteiger partial charge on any atom is 0.315 e. The molecule has 20 nitrogen and oxygen atoms in total. The Hall–Kier alpha value is -5.01. The highest BCUT2D eigenvalue weighted by atomic mass is 16.3. The molecule has 0 aromatic rings. The van der Waals surface area contributed by atoms with E-state index in [1.165, 1.54) is 0 Å². The maximum absolute atomic E-state index is 13.9. The van der Waals surface area contributed by atoms with E-state index in [1.807, 2.05) is 83.1 Å². The van der Waals surface area contributed by atoms with Gasteiger partial charge in [-0.05, 0) is 112 Å². The lowest BCUT2D eigenvalue weighted by Crippen LogP contribution is -2.62. The fourth-order valence-electron chi connectivity index (χ4n) is 11.8. The van der Waals surface area contributed by atoms with Crippen LogP contribution in [0.4, 0.5) is 9.59 Å². The number of piperidine rings is 2. The van der Waals surface area contributed by atoms with Crippen molar-refractivity contribution < 1.29 is 48.3 Å². The van der Waals surface area contributed by atoms with Crippen LogP contribution in [0.2, 0.25) is 0 Å². The summed E-state index contributed by atoms with van der Waals surface area (Å²) in [6.45, 7) is 31.5. The van der Waals surface area contributed by atoms with Crippen LogP contribution in [0.1, 0.15) is 162 Å². The highest BCUT2D eigenvalue weighted by Crippen LogP contribution is 2.66. The van der Waals surface area contributed by atoms with Crippen LogP contribution in [0.5, 0.6) is 0 Å². The van der Waals surface area contributed by atoms with Gasteiger partial charge < -0.3 is 58.3 Å². The summed E-state index contributed by atoms with van der Waals surface area (Å²) < 4.78 is 0. The summed E-state index contributed by atoms with van der Waals surface area (Å²) in [5, 5.41) is 27.5. The minimum Gasteiger partial charge on any atom is -0.381 e. The summed E-state index contributed by atoms with van der Waals surface area (Å²) in [4.78, 5) is 120. The third-order valence-corrected chi connectivity index (χ3v) is 16.8. The number of urea groups is 2. The second-order valence-corrected chi connectivity index (χ2v) is 27.9. The number of primary amides is 2. The molecule has 2 aliphatic heterocycles. The molecule has 6 aliphatic rings. The number of likely N-dealkylation sites (tertiary alicyclic amines) is 2. The maximum atomic E-state index is 13.9. The van der Waals surface area contributed by atoms with Crippen molar-refractivity contribution in [3.05, 3.63) is 0 Å². The quantitative estimate of drug-likeness (QED) is 0.102. The summed E-state index contributed by atoms with van der Waals surface area (Å²) in [5.41, 5.74) is 8.23. The Morgan fingerprint density at radius 3 is 1.24 bits per heavy atom. The molecule has 4 aliphatic carbocycles. The minimum atomic E-state index is -1.50. The van der Waals surface area contributed by atoms with Gasteiger partial charge in [-0.25, -0.2) is 9.59 Å². The fourth-order valence-corrected chi connectivity index (χ4v) is 11.8. The Labute approximate surface area is 439 Å². The summed E-state index contributed by atoms with van der Waals surface area (Å²) >= 11 is 0. The van der Waals surface area contributed by atoms with Crippen LogP contribution >= 0.6 is 0 Å². The van der Waals surface area contributed by atoms with E-state index in [4.69, 9.17) is 11.5 Å². The topological polar surface area (TPSA) is 305 Å². The molecular weight excluding hydrogens is 949 g/mol. The molecular formula is C54H92N10O10. The number of nitrogens with one attached hydrogen (secondary N) is 6. The van der Waals surface area contributed by atoms with Crippen molar-refractivity contribution in [1.29, 1.82) is 0 Å². The lowest BCUT2D eigenvalue weighted by Gasteiger charge is -2.39. The van der Waals surface area contributed by atoms with Crippen molar-refractivity contribution in [2.24, 2.45) is 68.6 Å². The van der Waals surface area contributed by atoms with Crippen molar-refractivity contribution in [2.45, 2.75) is 216 Å². The summed E-state index contributed by atoms with van der Waals surface area (Å²) in [6.07, 6.45) is 5.34.